The first-order chi connectivity index (χ1) is 0. The van der Waals surface area contributed by atoms with Crippen LogP contribution in [0.25, 0.3) is 0 Å². The normalized spacial score (nSPS) is 0. The van der Waals surface area contributed by atoms with Crippen molar-refractivity contribution in [1.29, 1.82) is 0 Å². The van der Waals surface area contributed by atoms with Crippen LogP contribution in [0.15, 0.2) is 0 Å². The Morgan fingerprint density at radius 2 is 0.600 bits per heavy atom. The summed E-state index contributed by atoms with van der Waals surface area (Å²) in [5, 5.41) is 0. The quantitative estimate of drug-likeness (QED) is 0.564. The maximum atomic E-state index is 0. The van der Waals surface area contributed by atoms with Gasteiger partial charge in [-0.3, -0.25) is 0 Å². The fraction of sp³-hybridized carbons (Fsp3) is 0. The van der Waals surface area contributed by atoms with Gasteiger partial charge in [0.1, 0.15) is 0 Å². The van der Waals surface area contributed by atoms with Gasteiger partial charge in [0, 0.05) is 0 Å². The summed E-state index contributed by atoms with van der Waals surface area (Å²) < 4.78 is 0. The van der Waals surface area contributed by atoms with E-state index in [1.807, 2.05) is 0 Å². The molecule has 0 saturated carbocycles. The Balaban J connectivity index is 0. The predicted molar refractivity (Wildman–Crippen MR) is 36.7 cm³/mol. The summed E-state index contributed by atoms with van der Waals surface area (Å²) in [6.45, 7) is 0. The first-order valence-corrected chi connectivity index (χ1v) is 0. The van der Waals surface area contributed by atoms with Gasteiger partial charge in [0.2, 0.25) is 0 Å². The zero-order valence-corrected chi connectivity index (χ0v) is 8.06. The van der Waals surface area contributed by atoms with Crippen molar-refractivity contribution >= 4 is 55.2 Å². The Morgan fingerprint density at radius 3 is 0.600 bits per heavy atom. The van der Waals surface area contributed by atoms with Crippen molar-refractivity contribution in [2.45, 2.75) is 0 Å². The molecule has 0 heterocycles. The van der Waals surface area contributed by atoms with E-state index in [1.165, 1.54) is 0 Å². The molecule has 0 aromatic heterocycles. The van der Waals surface area contributed by atoms with E-state index in [0.29, 0.717) is 0 Å². The van der Waals surface area contributed by atoms with Crippen molar-refractivity contribution in [2.75, 3.05) is 0 Å². The molecule has 0 aromatic rings. The molecule has 0 aliphatic carbocycles. The van der Waals surface area contributed by atoms with Crippen LogP contribution in [-0.2, 0) is 0 Å². The van der Waals surface area contributed by atoms with Crippen LogP contribution in [0, 0.1) is 0 Å². The summed E-state index contributed by atoms with van der Waals surface area (Å²) in [6, 6.07) is 0. The standard InChI is InChI=1S/AsH3.3ClH.H3N/h1H3;3*1H;1H3. The number of hydrogen-bond acceptors (Lipinski definition) is 1. The van der Waals surface area contributed by atoms with Crippen molar-refractivity contribution in [3.63, 3.8) is 0 Å². The molecular weight excluding hydrogens is 195 g/mol. The molecule has 0 saturated heterocycles. The van der Waals surface area contributed by atoms with Gasteiger partial charge in [-0.2, -0.15) is 0 Å². The van der Waals surface area contributed by atoms with E-state index < -0.39 is 0 Å². The first kappa shape index (κ1) is 96.2. The molecule has 0 amide bonds. The molecule has 1 unspecified atom stereocenters. The van der Waals surface area contributed by atoms with Gasteiger partial charge >= 0.3 is 18.0 Å². The summed E-state index contributed by atoms with van der Waals surface area (Å²) >= 11 is 0. The second-order valence-corrected chi connectivity index (χ2v) is 0. The first-order valence-electron chi connectivity index (χ1n) is 0. The van der Waals surface area contributed by atoms with Gasteiger partial charge < -0.3 is 6.15 Å². The Hall–Kier alpha value is 1.39. The molecule has 1 nitrogen and oxygen atoms in total. The zero-order chi connectivity index (χ0) is 0. The van der Waals surface area contributed by atoms with E-state index in [9.17, 15) is 0 Å². The third-order valence-corrected chi connectivity index (χ3v) is 0. The van der Waals surface area contributed by atoms with Crippen LogP contribution in [0.5, 0.6) is 0 Å². The van der Waals surface area contributed by atoms with Crippen molar-refractivity contribution in [3.05, 3.63) is 0 Å². The number of halogens is 3. The van der Waals surface area contributed by atoms with E-state index >= 15 is 0 Å². The Bertz CT molecular complexity index is 6.85. The van der Waals surface area contributed by atoms with E-state index in [2.05, 4.69) is 0 Å². The summed E-state index contributed by atoms with van der Waals surface area (Å²) in [5.41, 5.74) is 0. The minimum atomic E-state index is 0. The van der Waals surface area contributed by atoms with Crippen molar-refractivity contribution in [3.8, 4) is 0 Å². The molecule has 0 radical (unpaired) electrons. The maximum absolute atomic E-state index is 0. The third-order valence-electron chi connectivity index (χ3n) is 0. The van der Waals surface area contributed by atoms with Crippen molar-refractivity contribution in [1.82, 2.24) is 6.15 Å². The van der Waals surface area contributed by atoms with Gasteiger partial charge in [-0.15, -0.1) is 37.2 Å². The fourth-order valence-electron chi connectivity index (χ4n) is 0. The average molecular weight is 204 g/mol. The molecule has 3 N–H and O–H groups in total. The van der Waals surface area contributed by atoms with Gasteiger partial charge in [-0.25, -0.2) is 0 Å². The molecule has 5 heteroatoms. The average Bonchev–Trinajstić information content (AvgIpc) is 0. The molecular formula is H9AsCl3N. The topological polar surface area (TPSA) is 35.0 Å². The van der Waals surface area contributed by atoms with Crippen LogP contribution in [0.3, 0.4) is 0 Å². The zero-order valence-electron chi connectivity index (χ0n) is 2.64. The SMILES string of the molecule is Cl.Cl.Cl.N.[AsH3]. The monoisotopic (exact) mass is 203 g/mol. The Labute approximate surface area is 61.4 Å². The molecule has 0 rings (SSSR count). The molecule has 0 aliphatic rings. The fourth-order valence-corrected chi connectivity index (χ4v) is 0. The third kappa shape index (κ3) is 32.1. The van der Waals surface area contributed by atoms with Gasteiger partial charge in [0.25, 0.3) is 0 Å². The number of hydrogen-bond donors (Lipinski definition) is 1. The molecule has 0 aliphatic heterocycles. The van der Waals surface area contributed by atoms with Crippen LogP contribution in [-0.4, -0.2) is 18.0 Å². The second kappa shape index (κ2) is 53.8. The Morgan fingerprint density at radius 1 is 0.600 bits per heavy atom. The van der Waals surface area contributed by atoms with Gasteiger partial charge in [0.15, 0.2) is 0 Å². The van der Waals surface area contributed by atoms with Crippen LogP contribution < -0.4 is 6.15 Å². The van der Waals surface area contributed by atoms with E-state index in [0.717, 1.165) is 0 Å². The minimum absolute atomic E-state index is 0. The molecule has 40 valence electrons. The predicted octanol–water partition coefficient (Wildman–Crippen LogP) is 0.244. The van der Waals surface area contributed by atoms with Gasteiger partial charge in [0.05, 0.1) is 0 Å². The van der Waals surface area contributed by atoms with E-state index in [4.69, 9.17) is 0 Å². The summed E-state index contributed by atoms with van der Waals surface area (Å²) in [5.74, 6) is 0. The van der Waals surface area contributed by atoms with Crippen molar-refractivity contribution in [2.24, 2.45) is 0 Å². The summed E-state index contributed by atoms with van der Waals surface area (Å²) in [7, 11) is 0. The second-order valence-electron chi connectivity index (χ2n) is 0. The molecule has 0 aromatic carbocycles. The summed E-state index contributed by atoms with van der Waals surface area (Å²) in [4.78, 5) is 0. The van der Waals surface area contributed by atoms with Gasteiger partial charge in [-0.05, 0) is 0 Å². The van der Waals surface area contributed by atoms with Crippen LogP contribution >= 0.6 is 37.2 Å². The molecule has 0 spiro atoms. The van der Waals surface area contributed by atoms with Crippen molar-refractivity contribution < 1.29 is 0 Å². The van der Waals surface area contributed by atoms with Crippen LogP contribution in [0.1, 0.15) is 0 Å². The molecule has 0 bridgehead atoms. The Kier molecular flexibility index (Phi) is 1040. The molecule has 5 heavy (non-hydrogen) atoms. The van der Waals surface area contributed by atoms with Crippen LogP contribution in [0.4, 0.5) is 0 Å². The van der Waals surface area contributed by atoms with E-state index in [-0.39, 0.29) is 61.3 Å². The molecule has 1 atom stereocenters. The summed E-state index contributed by atoms with van der Waals surface area (Å²) in [6.07, 6.45) is 0. The van der Waals surface area contributed by atoms with E-state index in [1.54, 1.807) is 0 Å². The van der Waals surface area contributed by atoms with Gasteiger partial charge in [-0.1, -0.05) is 0 Å². The number of rotatable bonds is 0. The van der Waals surface area contributed by atoms with Crippen LogP contribution in [0.2, 0.25) is 0 Å². The molecule has 0 fully saturated rings.